The number of carbonyl (C=O) groups is 1. The van der Waals surface area contributed by atoms with Crippen molar-refractivity contribution in [2.24, 2.45) is 0 Å². The summed E-state index contributed by atoms with van der Waals surface area (Å²) in [7, 11) is 0. The Kier molecular flexibility index (Phi) is 4.65. The lowest BCUT2D eigenvalue weighted by Crippen LogP contribution is -2.17. The predicted molar refractivity (Wildman–Crippen MR) is 101 cm³/mol. The zero-order chi connectivity index (χ0) is 21.5. The second kappa shape index (κ2) is 7.17. The van der Waals surface area contributed by atoms with Crippen LogP contribution in [0.1, 0.15) is 21.6 Å². The van der Waals surface area contributed by atoms with Gasteiger partial charge in [-0.1, -0.05) is 5.21 Å². The monoisotopic (exact) mass is 416 g/mol. The normalized spacial score (nSPS) is 11.6. The minimum Gasteiger partial charge on any atom is -0.406 e. The van der Waals surface area contributed by atoms with Crippen LogP contribution in [-0.4, -0.2) is 36.9 Å². The van der Waals surface area contributed by atoms with Crippen molar-refractivity contribution in [3.05, 3.63) is 65.6 Å². The molecule has 0 saturated carbocycles. The molecule has 154 valence electrons. The van der Waals surface area contributed by atoms with Crippen LogP contribution in [0.15, 0.2) is 48.8 Å². The fourth-order valence-corrected chi connectivity index (χ4v) is 2.98. The van der Waals surface area contributed by atoms with E-state index in [2.05, 4.69) is 25.5 Å². The number of hydrogen-bond donors (Lipinski definition) is 1. The molecular formula is C19H15F3N6O2. The summed E-state index contributed by atoms with van der Waals surface area (Å²) in [4.78, 5) is 12.8. The molecule has 0 spiro atoms. The molecule has 4 aromatic rings. The van der Waals surface area contributed by atoms with Gasteiger partial charge in [0.15, 0.2) is 5.82 Å². The Morgan fingerprint density at radius 2 is 1.87 bits per heavy atom. The first-order chi connectivity index (χ1) is 14.2. The van der Waals surface area contributed by atoms with Crippen molar-refractivity contribution in [3.8, 4) is 11.4 Å². The average Bonchev–Trinajstić information content (AvgIpc) is 3.24. The Hall–Kier alpha value is -3.89. The van der Waals surface area contributed by atoms with Gasteiger partial charge in [-0.2, -0.15) is 5.10 Å². The highest BCUT2D eigenvalue weighted by molar-refractivity contribution is 6.09. The average molecular weight is 416 g/mol. The zero-order valence-corrected chi connectivity index (χ0v) is 15.8. The molecule has 0 unspecified atom stereocenters. The van der Waals surface area contributed by atoms with Crippen LogP contribution in [-0.2, 0) is 0 Å². The highest BCUT2D eigenvalue weighted by Gasteiger charge is 2.31. The molecule has 1 amide bonds. The zero-order valence-electron chi connectivity index (χ0n) is 15.8. The van der Waals surface area contributed by atoms with Crippen LogP contribution in [0.5, 0.6) is 5.75 Å². The van der Waals surface area contributed by atoms with Gasteiger partial charge in [0.2, 0.25) is 0 Å². The Balaban J connectivity index is 1.53. The number of fused-ring (bicyclic) bond motifs is 1. The SMILES string of the molecule is Cc1ccn2nc(C)c(C(=O)Nc3cn(-c4ccc(OC(F)(F)F)cc4)nn3)c2c1. The number of hydrogen-bond acceptors (Lipinski definition) is 5. The third-order valence-corrected chi connectivity index (χ3v) is 4.26. The molecule has 1 aromatic carbocycles. The van der Waals surface area contributed by atoms with Crippen molar-refractivity contribution in [1.82, 2.24) is 24.6 Å². The molecule has 8 nitrogen and oxygen atoms in total. The smallest absolute Gasteiger partial charge is 0.406 e. The Morgan fingerprint density at radius 1 is 1.13 bits per heavy atom. The number of halogens is 3. The van der Waals surface area contributed by atoms with Crippen LogP contribution < -0.4 is 10.1 Å². The van der Waals surface area contributed by atoms with Gasteiger partial charge >= 0.3 is 6.36 Å². The van der Waals surface area contributed by atoms with Crippen molar-refractivity contribution in [2.75, 3.05) is 5.32 Å². The van der Waals surface area contributed by atoms with Crippen LogP contribution in [0.2, 0.25) is 0 Å². The standard InChI is InChI=1S/C19H15F3N6O2/c1-11-7-8-27-15(9-11)17(12(2)25-27)18(29)23-16-10-28(26-24-16)13-3-5-14(6-4-13)30-19(20,21)22/h3-10H,1-2H3,(H,23,29). The van der Waals surface area contributed by atoms with Gasteiger partial charge in [0.05, 0.1) is 28.7 Å². The van der Waals surface area contributed by atoms with Crippen molar-refractivity contribution in [2.45, 2.75) is 20.2 Å². The van der Waals surface area contributed by atoms with Gasteiger partial charge in [-0.05, 0) is 55.8 Å². The molecule has 4 rings (SSSR count). The Bertz CT molecular complexity index is 1230. The summed E-state index contributed by atoms with van der Waals surface area (Å²) in [5.41, 5.74) is 3.07. The number of rotatable bonds is 4. The van der Waals surface area contributed by atoms with E-state index in [1.165, 1.54) is 23.0 Å². The number of aromatic nitrogens is 5. The fourth-order valence-electron chi connectivity index (χ4n) is 2.98. The van der Waals surface area contributed by atoms with Crippen LogP contribution in [0.4, 0.5) is 19.0 Å². The molecule has 0 radical (unpaired) electrons. The van der Waals surface area contributed by atoms with E-state index in [0.29, 0.717) is 22.5 Å². The van der Waals surface area contributed by atoms with E-state index < -0.39 is 12.3 Å². The number of amides is 1. The van der Waals surface area contributed by atoms with Gasteiger partial charge in [-0.3, -0.25) is 4.79 Å². The lowest BCUT2D eigenvalue weighted by atomic mass is 10.1. The summed E-state index contributed by atoms with van der Waals surface area (Å²) >= 11 is 0. The van der Waals surface area contributed by atoms with Crippen LogP contribution >= 0.6 is 0 Å². The summed E-state index contributed by atoms with van der Waals surface area (Å²) in [6.45, 7) is 3.65. The van der Waals surface area contributed by atoms with Gasteiger partial charge in [0, 0.05) is 6.20 Å². The molecule has 0 aliphatic rings. The number of benzene rings is 1. The molecular weight excluding hydrogens is 401 g/mol. The second-order valence-electron chi connectivity index (χ2n) is 6.54. The number of ether oxygens (including phenoxy) is 1. The molecule has 0 fully saturated rings. The number of pyridine rings is 1. The molecule has 0 aliphatic carbocycles. The lowest BCUT2D eigenvalue weighted by molar-refractivity contribution is -0.274. The molecule has 3 heterocycles. The molecule has 0 aliphatic heterocycles. The van der Waals surface area contributed by atoms with Crippen LogP contribution in [0.3, 0.4) is 0 Å². The Morgan fingerprint density at radius 3 is 2.57 bits per heavy atom. The number of nitrogens with zero attached hydrogens (tertiary/aromatic N) is 5. The minimum absolute atomic E-state index is 0.182. The lowest BCUT2D eigenvalue weighted by Gasteiger charge is -2.08. The number of alkyl halides is 3. The van der Waals surface area contributed by atoms with Crippen molar-refractivity contribution in [1.29, 1.82) is 0 Å². The molecule has 11 heteroatoms. The fraction of sp³-hybridized carbons (Fsp3) is 0.158. The first-order valence-electron chi connectivity index (χ1n) is 8.75. The van der Waals surface area contributed by atoms with Gasteiger partial charge in [-0.15, -0.1) is 18.3 Å². The third kappa shape index (κ3) is 3.95. The van der Waals surface area contributed by atoms with Gasteiger partial charge in [-0.25, -0.2) is 9.20 Å². The van der Waals surface area contributed by atoms with E-state index in [0.717, 1.165) is 17.7 Å². The summed E-state index contributed by atoms with van der Waals surface area (Å²) in [5.74, 6) is -0.560. The number of aryl methyl sites for hydroxylation is 2. The maximum atomic E-state index is 12.8. The minimum atomic E-state index is -4.76. The molecule has 30 heavy (non-hydrogen) atoms. The van der Waals surface area contributed by atoms with Crippen molar-refractivity contribution >= 4 is 17.2 Å². The third-order valence-electron chi connectivity index (χ3n) is 4.26. The van der Waals surface area contributed by atoms with Gasteiger partial charge in [0.25, 0.3) is 5.91 Å². The van der Waals surface area contributed by atoms with E-state index in [4.69, 9.17) is 0 Å². The maximum absolute atomic E-state index is 12.8. The number of carbonyl (C=O) groups excluding carboxylic acids is 1. The van der Waals surface area contributed by atoms with Crippen molar-refractivity contribution in [3.63, 3.8) is 0 Å². The summed E-state index contributed by atoms with van der Waals surface area (Å²) in [6, 6.07) is 8.84. The molecule has 0 atom stereocenters. The van der Waals surface area contributed by atoms with E-state index in [-0.39, 0.29) is 11.6 Å². The largest absolute Gasteiger partial charge is 0.573 e. The first-order valence-corrected chi connectivity index (χ1v) is 8.75. The summed E-state index contributed by atoms with van der Waals surface area (Å²) in [5, 5.41) is 14.8. The number of anilines is 1. The molecule has 0 saturated heterocycles. The summed E-state index contributed by atoms with van der Waals surface area (Å²) in [6.07, 6.45) is -1.54. The molecule has 0 bridgehead atoms. The van der Waals surface area contributed by atoms with Gasteiger partial charge < -0.3 is 10.1 Å². The van der Waals surface area contributed by atoms with Crippen LogP contribution in [0, 0.1) is 13.8 Å². The highest BCUT2D eigenvalue weighted by atomic mass is 19.4. The van der Waals surface area contributed by atoms with E-state index in [9.17, 15) is 18.0 Å². The van der Waals surface area contributed by atoms with Gasteiger partial charge in [0.1, 0.15) is 5.75 Å². The molecule has 1 N–H and O–H groups in total. The maximum Gasteiger partial charge on any atom is 0.573 e. The molecule has 3 aromatic heterocycles. The van der Waals surface area contributed by atoms with Crippen molar-refractivity contribution < 1.29 is 22.7 Å². The number of nitrogens with one attached hydrogen (secondary N) is 1. The second-order valence-corrected chi connectivity index (χ2v) is 6.54. The van der Waals surface area contributed by atoms with E-state index >= 15 is 0 Å². The van der Waals surface area contributed by atoms with Crippen LogP contribution in [0.25, 0.3) is 11.2 Å². The summed E-state index contributed by atoms with van der Waals surface area (Å²) < 4.78 is 43.6. The Labute approximate surface area is 167 Å². The predicted octanol–water partition coefficient (Wildman–Crippen LogP) is 3.68. The highest BCUT2D eigenvalue weighted by Crippen LogP contribution is 2.24. The van der Waals surface area contributed by atoms with E-state index in [1.54, 1.807) is 17.6 Å². The van der Waals surface area contributed by atoms with E-state index in [1.807, 2.05) is 19.1 Å². The quantitative estimate of drug-likeness (QED) is 0.549. The first kappa shape index (κ1) is 19.4. The topological polar surface area (TPSA) is 86.3 Å².